The van der Waals surface area contributed by atoms with Crippen molar-refractivity contribution in [3.05, 3.63) is 72.8 Å². The van der Waals surface area contributed by atoms with E-state index in [0.717, 1.165) is 12.8 Å². The van der Waals surface area contributed by atoms with Crippen LogP contribution in [0.5, 0.6) is 0 Å². The molecular weight excluding hydrogens is 306 g/mol. The Morgan fingerprint density at radius 3 is 2.32 bits per heavy atom. The number of hydrogen-bond acceptors (Lipinski definition) is 1. The van der Waals surface area contributed by atoms with Gasteiger partial charge in [-0.3, -0.25) is 4.79 Å². The maximum Gasteiger partial charge on any atom is 0.243 e. The lowest BCUT2D eigenvalue weighted by Crippen LogP contribution is -2.26. The first-order valence-corrected chi connectivity index (χ1v) is 8.82. The summed E-state index contributed by atoms with van der Waals surface area (Å²) >= 11 is 0. The summed E-state index contributed by atoms with van der Waals surface area (Å²) in [5.74, 6) is -0.121. The van der Waals surface area contributed by atoms with E-state index in [1.165, 1.54) is 44.0 Å². The molecule has 0 aliphatic rings. The Kier molecular flexibility index (Phi) is 3.89. The van der Waals surface area contributed by atoms with Crippen molar-refractivity contribution in [1.82, 2.24) is 5.32 Å². The van der Waals surface area contributed by atoms with Crippen LogP contribution in [0.4, 0.5) is 0 Å². The fraction of sp³-hybridized carbons (Fsp3) is 0.174. The van der Waals surface area contributed by atoms with E-state index >= 15 is 0 Å². The SMILES string of the molecule is C=CC(=O)N[C@H](CCC)c1ccc2ccc3cccc4ccc1c2c34. The maximum atomic E-state index is 11.9. The van der Waals surface area contributed by atoms with Gasteiger partial charge in [-0.25, -0.2) is 0 Å². The molecule has 124 valence electrons. The molecule has 1 N–H and O–H groups in total. The monoisotopic (exact) mass is 327 g/mol. The molecule has 0 unspecified atom stereocenters. The summed E-state index contributed by atoms with van der Waals surface area (Å²) < 4.78 is 0. The first-order chi connectivity index (χ1) is 12.2. The number of amides is 1. The van der Waals surface area contributed by atoms with Gasteiger partial charge in [-0.05, 0) is 50.4 Å². The van der Waals surface area contributed by atoms with Crippen LogP contribution in [0.25, 0.3) is 32.3 Å². The van der Waals surface area contributed by atoms with E-state index in [4.69, 9.17) is 0 Å². The minimum atomic E-state index is -0.121. The molecule has 0 saturated carbocycles. The van der Waals surface area contributed by atoms with E-state index in [9.17, 15) is 4.79 Å². The van der Waals surface area contributed by atoms with Gasteiger partial charge in [0.2, 0.25) is 5.91 Å². The Balaban J connectivity index is 2.00. The van der Waals surface area contributed by atoms with E-state index in [-0.39, 0.29) is 11.9 Å². The molecule has 0 fully saturated rings. The number of rotatable bonds is 5. The predicted octanol–water partition coefficient (Wildman–Crippen LogP) is 5.73. The van der Waals surface area contributed by atoms with E-state index in [0.29, 0.717) is 0 Å². The van der Waals surface area contributed by atoms with Gasteiger partial charge in [0.1, 0.15) is 0 Å². The molecular formula is C23H21NO. The lowest BCUT2D eigenvalue weighted by Gasteiger charge is -2.21. The van der Waals surface area contributed by atoms with Gasteiger partial charge in [0, 0.05) is 0 Å². The van der Waals surface area contributed by atoms with Crippen molar-refractivity contribution in [2.24, 2.45) is 0 Å². The van der Waals surface area contributed by atoms with E-state index in [2.05, 4.69) is 73.4 Å². The third-order valence-corrected chi connectivity index (χ3v) is 5.02. The molecule has 4 aromatic rings. The molecule has 0 radical (unpaired) electrons. The largest absolute Gasteiger partial charge is 0.346 e. The summed E-state index contributed by atoms with van der Waals surface area (Å²) in [6.45, 7) is 5.73. The molecule has 0 spiro atoms. The average molecular weight is 327 g/mol. The number of nitrogens with one attached hydrogen (secondary N) is 1. The van der Waals surface area contributed by atoms with Crippen molar-refractivity contribution < 1.29 is 4.79 Å². The van der Waals surface area contributed by atoms with Crippen LogP contribution >= 0.6 is 0 Å². The van der Waals surface area contributed by atoms with Gasteiger partial charge >= 0.3 is 0 Å². The second kappa shape index (κ2) is 6.21. The molecule has 0 heterocycles. The van der Waals surface area contributed by atoms with Gasteiger partial charge in [0.05, 0.1) is 6.04 Å². The Bertz CT molecular complexity index is 1060. The second-order valence-corrected chi connectivity index (χ2v) is 6.56. The number of carbonyl (C=O) groups is 1. The van der Waals surface area contributed by atoms with Gasteiger partial charge < -0.3 is 5.32 Å². The molecule has 25 heavy (non-hydrogen) atoms. The van der Waals surface area contributed by atoms with Crippen molar-refractivity contribution in [3.63, 3.8) is 0 Å². The molecule has 1 atom stereocenters. The van der Waals surface area contributed by atoms with Crippen LogP contribution in [-0.2, 0) is 4.79 Å². The van der Waals surface area contributed by atoms with Crippen LogP contribution in [0, 0.1) is 0 Å². The Morgan fingerprint density at radius 1 is 1.00 bits per heavy atom. The summed E-state index contributed by atoms with van der Waals surface area (Å²) in [6, 6.07) is 19.5. The summed E-state index contributed by atoms with van der Waals surface area (Å²) in [5, 5.41) is 10.7. The highest BCUT2D eigenvalue weighted by Gasteiger charge is 2.17. The van der Waals surface area contributed by atoms with Crippen molar-refractivity contribution in [1.29, 1.82) is 0 Å². The first kappa shape index (κ1) is 15.6. The van der Waals surface area contributed by atoms with Gasteiger partial charge in [0.25, 0.3) is 0 Å². The smallest absolute Gasteiger partial charge is 0.243 e. The van der Waals surface area contributed by atoms with Gasteiger partial charge in [-0.1, -0.05) is 74.5 Å². The van der Waals surface area contributed by atoms with E-state index in [1.807, 2.05) is 0 Å². The molecule has 0 aliphatic heterocycles. The third kappa shape index (κ3) is 2.54. The van der Waals surface area contributed by atoms with Crippen molar-refractivity contribution in [2.45, 2.75) is 25.8 Å². The summed E-state index contributed by atoms with van der Waals surface area (Å²) in [7, 11) is 0. The highest BCUT2D eigenvalue weighted by molar-refractivity contribution is 6.23. The standard InChI is InChI=1S/C23H21NO/c1-3-6-20(24-21(25)4-2)18-13-11-17-10-9-15-7-5-8-16-12-14-19(18)23(17)22(15)16/h4-5,7-14,20H,2-3,6H2,1H3,(H,24,25)/t20-/m1/s1. The van der Waals surface area contributed by atoms with Crippen LogP contribution in [0.1, 0.15) is 31.4 Å². The number of carbonyl (C=O) groups excluding carboxylic acids is 1. The Labute approximate surface area is 147 Å². The normalized spacial score (nSPS) is 12.7. The molecule has 4 aromatic carbocycles. The fourth-order valence-electron chi connectivity index (χ4n) is 3.89. The molecule has 0 bridgehead atoms. The van der Waals surface area contributed by atoms with E-state index < -0.39 is 0 Å². The second-order valence-electron chi connectivity index (χ2n) is 6.56. The van der Waals surface area contributed by atoms with Gasteiger partial charge in [-0.2, -0.15) is 0 Å². The molecule has 2 heteroatoms. The van der Waals surface area contributed by atoms with Crippen molar-refractivity contribution >= 4 is 38.2 Å². The molecule has 0 aromatic heterocycles. The van der Waals surface area contributed by atoms with Crippen molar-refractivity contribution in [2.75, 3.05) is 0 Å². The number of hydrogen-bond donors (Lipinski definition) is 1. The minimum Gasteiger partial charge on any atom is -0.346 e. The lowest BCUT2D eigenvalue weighted by molar-refractivity contribution is -0.117. The lowest BCUT2D eigenvalue weighted by atomic mass is 9.89. The zero-order valence-corrected chi connectivity index (χ0v) is 14.4. The van der Waals surface area contributed by atoms with Gasteiger partial charge in [0.15, 0.2) is 0 Å². The van der Waals surface area contributed by atoms with E-state index in [1.54, 1.807) is 0 Å². The van der Waals surface area contributed by atoms with Gasteiger partial charge in [-0.15, -0.1) is 0 Å². The zero-order valence-electron chi connectivity index (χ0n) is 14.4. The molecule has 1 amide bonds. The van der Waals surface area contributed by atoms with Crippen LogP contribution < -0.4 is 5.32 Å². The van der Waals surface area contributed by atoms with Crippen LogP contribution in [0.15, 0.2) is 67.3 Å². The number of benzene rings is 4. The third-order valence-electron chi connectivity index (χ3n) is 5.02. The summed E-state index contributed by atoms with van der Waals surface area (Å²) in [4.78, 5) is 11.9. The maximum absolute atomic E-state index is 11.9. The minimum absolute atomic E-state index is 0.0000633. The molecule has 2 nitrogen and oxygen atoms in total. The highest BCUT2D eigenvalue weighted by atomic mass is 16.1. The molecule has 4 rings (SSSR count). The predicted molar refractivity (Wildman–Crippen MR) is 106 cm³/mol. The van der Waals surface area contributed by atoms with Crippen LogP contribution in [-0.4, -0.2) is 5.91 Å². The van der Waals surface area contributed by atoms with Crippen LogP contribution in [0.2, 0.25) is 0 Å². The summed E-state index contributed by atoms with van der Waals surface area (Å²) in [6.07, 6.45) is 3.26. The Morgan fingerprint density at radius 2 is 1.64 bits per heavy atom. The zero-order chi connectivity index (χ0) is 17.4. The molecule has 0 aliphatic carbocycles. The Hall–Kier alpha value is -2.87. The quantitative estimate of drug-likeness (QED) is 0.368. The highest BCUT2D eigenvalue weighted by Crippen LogP contribution is 2.38. The van der Waals surface area contributed by atoms with Crippen LogP contribution in [0.3, 0.4) is 0 Å². The topological polar surface area (TPSA) is 29.1 Å². The molecule has 0 saturated heterocycles. The fourth-order valence-corrected chi connectivity index (χ4v) is 3.89. The average Bonchev–Trinajstić information content (AvgIpc) is 2.65. The van der Waals surface area contributed by atoms with Crippen molar-refractivity contribution in [3.8, 4) is 0 Å². The first-order valence-electron chi connectivity index (χ1n) is 8.82. The summed E-state index contributed by atoms with van der Waals surface area (Å²) in [5.41, 5.74) is 1.18.